The molecule has 0 bridgehead atoms. The number of carbonyl (C=O) groups is 1. The number of benzene rings is 1. The summed E-state index contributed by atoms with van der Waals surface area (Å²) in [4.78, 5) is 26.5. The van der Waals surface area contributed by atoms with E-state index in [0.29, 0.717) is 23.2 Å². The molecule has 0 spiro atoms. The molecule has 0 aliphatic rings. The third kappa shape index (κ3) is 3.27. The summed E-state index contributed by atoms with van der Waals surface area (Å²) < 4.78 is 2.62. The molecule has 0 saturated heterocycles. The molecule has 118 valence electrons. The van der Waals surface area contributed by atoms with E-state index in [1.807, 2.05) is 19.9 Å². The van der Waals surface area contributed by atoms with Crippen molar-refractivity contribution in [3.8, 4) is 5.69 Å². The first-order valence-corrected chi connectivity index (χ1v) is 7.98. The third-order valence-corrected chi connectivity index (χ3v) is 3.77. The Labute approximate surface area is 136 Å². The van der Waals surface area contributed by atoms with Crippen molar-refractivity contribution in [3.05, 3.63) is 39.2 Å². The molecule has 0 fully saturated rings. The molecule has 0 atom stereocenters. The number of halogens is 1. The van der Waals surface area contributed by atoms with Crippen molar-refractivity contribution in [2.24, 2.45) is 0 Å². The van der Waals surface area contributed by atoms with Crippen LogP contribution in [0.3, 0.4) is 0 Å². The second kappa shape index (κ2) is 7.35. The lowest BCUT2D eigenvalue weighted by Gasteiger charge is -2.19. The number of carbonyl (C=O) groups excluding carboxylic acids is 1. The number of amides is 1. The van der Waals surface area contributed by atoms with Gasteiger partial charge in [-0.3, -0.25) is 0 Å². The topological polar surface area (TPSA) is 73.0 Å². The van der Waals surface area contributed by atoms with Gasteiger partial charge in [0.15, 0.2) is 0 Å². The Kier molecular flexibility index (Phi) is 5.48. The first-order chi connectivity index (χ1) is 10.6. The molecule has 0 saturated carbocycles. The molecule has 1 heterocycles. The Hall–Kier alpha value is -1.96. The zero-order chi connectivity index (χ0) is 16.1. The summed E-state index contributed by atoms with van der Waals surface area (Å²) in [5.41, 5.74) is -0.0295. The van der Waals surface area contributed by atoms with E-state index in [1.165, 1.54) is 0 Å². The van der Waals surface area contributed by atoms with Crippen LogP contribution in [0.2, 0.25) is 0 Å². The molecule has 0 unspecified atom stereocenters. The molecule has 2 aromatic rings. The van der Waals surface area contributed by atoms with Gasteiger partial charge in [0.2, 0.25) is 0 Å². The number of rotatable bonds is 5. The average Bonchev–Trinajstić information content (AvgIpc) is 2.88. The number of nitrogens with zero attached hydrogens (tertiary/aromatic N) is 5. The van der Waals surface area contributed by atoms with E-state index >= 15 is 0 Å². The molecular formula is C14H18BrN5O2. The van der Waals surface area contributed by atoms with Gasteiger partial charge in [-0.15, -0.1) is 4.68 Å². The van der Waals surface area contributed by atoms with Crippen LogP contribution in [-0.4, -0.2) is 43.8 Å². The van der Waals surface area contributed by atoms with Crippen molar-refractivity contribution in [3.63, 3.8) is 0 Å². The van der Waals surface area contributed by atoms with Crippen LogP contribution >= 0.6 is 15.9 Å². The van der Waals surface area contributed by atoms with Crippen LogP contribution in [0.15, 0.2) is 33.5 Å². The molecule has 8 heteroatoms. The largest absolute Gasteiger partial charge is 0.377 e. The van der Waals surface area contributed by atoms with E-state index < -0.39 is 11.7 Å². The Balaban J connectivity index is 2.37. The maximum absolute atomic E-state index is 12.4. The van der Waals surface area contributed by atoms with Crippen LogP contribution in [-0.2, 0) is 0 Å². The van der Waals surface area contributed by atoms with Crippen molar-refractivity contribution in [1.29, 1.82) is 0 Å². The summed E-state index contributed by atoms with van der Waals surface area (Å²) in [5, 5.41) is 7.53. The Morgan fingerprint density at radius 3 is 2.41 bits per heavy atom. The number of hydrogen-bond acceptors (Lipinski definition) is 4. The molecule has 1 amide bonds. The maximum Gasteiger partial charge on any atom is 0.377 e. The summed E-state index contributed by atoms with van der Waals surface area (Å²) in [5.74, 6) is 0. The molecule has 22 heavy (non-hydrogen) atoms. The fourth-order valence-corrected chi connectivity index (χ4v) is 2.57. The van der Waals surface area contributed by atoms with E-state index in [9.17, 15) is 9.59 Å². The molecule has 1 aromatic heterocycles. The van der Waals surface area contributed by atoms with Gasteiger partial charge in [-0.05, 0) is 51.3 Å². The molecular weight excluding hydrogens is 350 g/mol. The van der Waals surface area contributed by atoms with Crippen molar-refractivity contribution >= 4 is 22.0 Å². The van der Waals surface area contributed by atoms with Crippen molar-refractivity contribution in [1.82, 2.24) is 24.7 Å². The first kappa shape index (κ1) is 16.4. The monoisotopic (exact) mass is 367 g/mol. The van der Waals surface area contributed by atoms with Crippen LogP contribution in [0.4, 0.5) is 4.79 Å². The maximum atomic E-state index is 12.4. The molecule has 7 nitrogen and oxygen atoms in total. The van der Waals surface area contributed by atoms with Gasteiger partial charge in [-0.1, -0.05) is 26.0 Å². The molecule has 0 radical (unpaired) electrons. The average molecular weight is 368 g/mol. The number of para-hydroxylation sites is 1. The molecule has 0 N–H and O–H groups in total. The van der Waals surface area contributed by atoms with Gasteiger partial charge in [0, 0.05) is 17.6 Å². The van der Waals surface area contributed by atoms with Crippen LogP contribution in [0.5, 0.6) is 0 Å². The summed E-state index contributed by atoms with van der Waals surface area (Å²) in [6.07, 6.45) is 1.64. The smallest absolute Gasteiger partial charge is 0.323 e. The van der Waals surface area contributed by atoms with Crippen molar-refractivity contribution in [2.75, 3.05) is 13.1 Å². The van der Waals surface area contributed by atoms with Gasteiger partial charge in [0.05, 0.1) is 5.69 Å². The lowest BCUT2D eigenvalue weighted by atomic mass is 10.3. The minimum atomic E-state index is -0.575. The first-order valence-electron chi connectivity index (χ1n) is 7.19. The highest BCUT2D eigenvalue weighted by Gasteiger charge is 2.21. The Morgan fingerprint density at radius 2 is 1.82 bits per heavy atom. The molecule has 0 aliphatic heterocycles. The zero-order valence-electron chi connectivity index (χ0n) is 12.6. The summed E-state index contributed by atoms with van der Waals surface area (Å²) in [6, 6.07) is 6.70. The minimum Gasteiger partial charge on any atom is -0.323 e. The summed E-state index contributed by atoms with van der Waals surface area (Å²) in [7, 11) is 0. The summed E-state index contributed by atoms with van der Waals surface area (Å²) >= 11 is 3.36. The fourth-order valence-electron chi connectivity index (χ4n) is 2.12. The van der Waals surface area contributed by atoms with Crippen molar-refractivity contribution < 1.29 is 4.79 Å². The quantitative estimate of drug-likeness (QED) is 0.759. The van der Waals surface area contributed by atoms with Gasteiger partial charge in [-0.2, -0.15) is 4.68 Å². The highest BCUT2D eigenvalue weighted by molar-refractivity contribution is 9.10. The van der Waals surface area contributed by atoms with E-state index in [4.69, 9.17) is 0 Å². The predicted molar refractivity (Wildman–Crippen MR) is 86.3 cm³/mol. The molecule has 1 aromatic carbocycles. The van der Waals surface area contributed by atoms with Crippen LogP contribution in [0.1, 0.15) is 26.7 Å². The lowest BCUT2D eigenvalue weighted by molar-refractivity contribution is 0.194. The van der Waals surface area contributed by atoms with E-state index in [0.717, 1.165) is 22.2 Å². The summed E-state index contributed by atoms with van der Waals surface area (Å²) in [6.45, 7) is 5.13. The second-order valence-electron chi connectivity index (χ2n) is 4.81. The Morgan fingerprint density at radius 1 is 1.18 bits per heavy atom. The highest BCUT2D eigenvalue weighted by Crippen LogP contribution is 2.17. The normalized spacial score (nSPS) is 10.7. The van der Waals surface area contributed by atoms with E-state index in [1.54, 1.807) is 23.1 Å². The van der Waals surface area contributed by atoms with E-state index in [-0.39, 0.29) is 0 Å². The van der Waals surface area contributed by atoms with Crippen LogP contribution in [0.25, 0.3) is 5.69 Å². The van der Waals surface area contributed by atoms with Gasteiger partial charge in [0.1, 0.15) is 0 Å². The SMILES string of the molecule is CCCN(CCC)C(=O)n1nnn(-c2ccccc2Br)c1=O. The highest BCUT2D eigenvalue weighted by atomic mass is 79.9. The standard InChI is InChI=1S/C14H18BrN5O2/c1-3-9-18(10-4-2)13(21)20-14(22)19(16-17-20)12-8-6-5-7-11(12)15/h5-8H,3-4,9-10H2,1-2H3. The van der Waals surface area contributed by atoms with Gasteiger partial charge >= 0.3 is 11.7 Å². The van der Waals surface area contributed by atoms with Crippen LogP contribution in [0, 0.1) is 0 Å². The number of tetrazole rings is 1. The lowest BCUT2D eigenvalue weighted by Crippen LogP contribution is -2.41. The second-order valence-corrected chi connectivity index (χ2v) is 5.66. The Bertz CT molecular complexity index is 703. The molecule has 2 rings (SSSR count). The fraction of sp³-hybridized carbons (Fsp3) is 0.429. The minimum absolute atomic E-state index is 0.438. The number of hydrogen-bond donors (Lipinski definition) is 0. The van der Waals surface area contributed by atoms with Crippen LogP contribution < -0.4 is 5.69 Å². The van der Waals surface area contributed by atoms with Gasteiger partial charge in [-0.25, -0.2) is 9.59 Å². The molecule has 0 aliphatic carbocycles. The third-order valence-electron chi connectivity index (χ3n) is 3.10. The van der Waals surface area contributed by atoms with E-state index in [2.05, 4.69) is 26.4 Å². The van der Waals surface area contributed by atoms with Gasteiger partial charge < -0.3 is 4.90 Å². The van der Waals surface area contributed by atoms with Crippen molar-refractivity contribution in [2.45, 2.75) is 26.7 Å². The van der Waals surface area contributed by atoms with Gasteiger partial charge in [0.25, 0.3) is 0 Å². The number of aromatic nitrogens is 4. The zero-order valence-corrected chi connectivity index (χ0v) is 14.2. The predicted octanol–water partition coefficient (Wildman–Crippen LogP) is 2.28.